The number of carbonyl (C=O) groups excluding carboxylic acids is 1. The van der Waals surface area contributed by atoms with Crippen LogP contribution in [0.3, 0.4) is 0 Å². The lowest BCUT2D eigenvalue weighted by Gasteiger charge is -2.46. The summed E-state index contributed by atoms with van der Waals surface area (Å²) in [6, 6.07) is 1.84. The number of halogens is 1. The second-order valence-corrected chi connectivity index (χ2v) is 11.2. The summed E-state index contributed by atoms with van der Waals surface area (Å²) in [6.07, 6.45) is -14.4. The lowest BCUT2D eigenvalue weighted by atomic mass is 9.96. The van der Waals surface area contributed by atoms with Crippen molar-refractivity contribution in [1.29, 1.82) is 0 Å². The van der Waals surface area contributed by atoms with Crippen LogP contribution in [-0.4, -0.2) is 142 Å². The van der Waals surface area contributed by atoms with Crippen LogP contribution in [0.2, 0.25) is 5.02 Å². The van der Waals surface area contributed by atoms with Crippen LogP contribution >= 0.6 is 11.6 Å². The minimum Gasteiger partial charge on any atom is -0.506 e. The van der Waals surface area contributed by atoms with Crippen molar-refractivity contribution in [1.82, 2.24) is 0 Å². The zero-order chi connectivity index (χ0) is 36.3. The van der Waals surface area contributed by atoms with Gasteiger partial charge in [-0.2, -0.15) is 0 Å². The van der Waals surface area contributed by atoms with Gasteiger partial charge in [0.2, 0.25) is 6.29 Å². The average molecular weight is 720 g/mol. The zero-order valence-corrected chi connectivity index (χ0v) is 25.7. The van der Waals surface area contributed by atoms with Crippen molar-refractivity contribution in [3.05, 3.63) is 40.6 Å². The molecule has 2 aromatic rings. The first-order valence-electron chi connectivity index (χ1n) is 14.2. The van der Waals surface area contributed by atoms with Gasteiger partial charge in [-0.05, 0) is 24.3 Å². The predicted octanol–water partition coefficient (Wildman–Crippen LogP) is -1.97. The molecule has 10 atom stereocenters. The number of carbonyl (C=O) groups is 1. The Morgan fingerprint density at radius 1 is 0.755 bits per heavy atom. The van der Waals surface area contributed by atoms with E-state index < -0.39 is 126 Å². The van der Waals surface area contributed by atoms with Crippen molar-refractivity contribution in [2.24, 2.45) is 0 Å². The maximum Gasteiger partial charge on any atom is 0.331 e. The Morgan fingerprint density at radius 2 is 1.37 bits per heavy atom. The molecule has 2 fully saturated rings. The van der Waals surface area contributed by atoms with E-state index in [0.717, 1.165) is 36.6 Å². The van der Waals surface area contributed by atoms with E-state index in [2.05, 4.69) is 0 Å². The van der Waals surface area contributed by atoms with Crippen LogP contribution < -0.4 is 5.73 Å². The Morgan fingerprint density at radius 3 is 2.02 bits per heavy atom. The number of ether oxygens (including phenoxy) is 5. The summed E-state index contributed by atoms with van der Waals surface area (Å²) in [6.45, 7) is -1.76. The van der Waals surface area contributed by atoms with Crippen LogP contribution in [0, 0.1) is 0 Å². The van der Waals surface area contributed by atoms with E-state index in [4.69, 9.17) is 41.0 Å². The minimum atomic E-state index is -1.99. The molecule has 49 heavy (non-hydrogen) atoms. The molecule has 2 aliphatic rings. The van der Waals surface area contributed by atoms with Crippen LogP contribution in [-0.2, 0) is 28.5 Å². The second kappa shape index (κ2) is 15.5. The molecular formula is C29H34ClNO18. The third-order valence-electron chi connectivity index (χ3n) is 7.59. The highest BCUT2D eigenvalue weighted by molar-refractivity contribution is 6.33. The number of nitrogens with two attached hydrogens (primary N) is 1. The van der Waals surface area contributed by atoms with Crippen LogP contribution in [0.4, 0.5) is 5.69 Å². The van der Waals surface area contributed by atoms with Gasteiger partial charge < -0.3 is 90.7 Å². The standard InChI is InChI=1S/C29H34ClNO18/c30-16-11(34)5-10(19(38)22(16)41)3-4-45-28-25(44)27(49-29-24(43)23(42)21(40)13(7-32)46-29)26(14(8-33)47-28)48-15(36)2-1-9-6-12(35)20(39)17(31)18(9)37/h1-6,13-14,21,23-29,32-35,37-44H,7-8,31H2/b2-1+,4-3+/t13-,14+,21-,23-,24+,25+,26+,27-,28+,29+/m0/s1. The molecule has 2 heterocycles. The highest BCUT2D eigenvalue weighted by atomic mass is 35.5. The summed E-state index contributed by atoms with van der Waals surface area (Å²) < 4.78 is 27.4. The summed E-state index contributed by atoms with van der Waals surface area (Å²) >= 11 is 5.68. The van der Waals surface area contributed by atoms with Gasteiger partial charge in [-0.15, -0.1) is 0 Å². The van der Waals surface area contributed by atoms with Gasteiger partial charge in [-0.3, -0.25) is 0 Å². The highest BCUT2D eigenvalue weighted by Gasteiger charge is 2.53. The Bertz CT molecular complexity index is 1570. The largest absolute Gasteiger partial charge is 0.506 e. The molecule has 20 heteroatoms. The molecule has 0 radical (unpaired) electrons. The fourth-order valence-corrected chi connectivity index (χ4v) is 5.04. The van der Waals surface area contributed by atoms with Gasteiger partial charge >= 0.3 is 5.97 Å². The number of aromatic hydroxyl groups is 6. The first-order chi connectivity index (χ1) is 23.1. The molecule has 2 aromatic carbocycles. The van der Waals surface area contributed by atoms with Gasteiger partial charge in [0.1, 0.15) is 64.9 Å². The number of anilines is 1. The number of phenolic OH excluding ortho intramolecular Hbond substituents is 6. The number of hydrogen-bond donors (Lipinski definition) is 13. The van der Waals surface area contributed by atoms with Crippen LogP contribution in [0.5, 0.6) is 34.5 Å². The lowest BCUT2D eigenvalue weighted by molar-refractivity contribution is -0.356. The molecule has 14 N–H and O–H groups in total. The molecule has 0 spiro atoms. The fourth-order valence-electron chi connectivity index (χ4n) is 4.89. The van der Waals surface area contributed by atoms with E-state index in [-0.39, 0.29) is 11.1 Å². The number of aliphatic hydroxyl groups excluding tert-OH is 6. The van der Waals surface area contributed by atoms with Crippen LogP contribution in [0.1, 0.15) is 11.1 Å². The van der Waals surface area contributed by atoms with Gasteiger partial charge in [0.25, 0.3) is 0 Å². The molecule has 0 aliphatic carbocycles. The Balaban J connectivity index is 1.62. The lowest BCUT2D eigenvalue weighted by Crippen LogP contribution is -2.65. The average Bonchev–Trinajstić information content (AvgIpc) is 3.08. The van der Waals surface area contributed by atoms with E-state index in [9.17, 15) is 66.1 Å². The third-order valence-corrected chi connectivity index (χ3v) is 7.96. The predicted molar refractivity (Wildman–Crippen MR) is 162 cm³/mol. The maximum absolute atomic E-state index is 12.9. The number of esters is 1. The Kier molecular flexibility index (Phi) is 11.9. The van der Waals surface area contributed by atoms with E-state index in [1.807, 2.05) is 0 Å². The monoisotopic (exact) mass is 719 g/mol. The van der Waals surface area contributed by atoms with Crippen molar-refractivity contribution in [2.45, 2.75) is 61.4 Å². The number of phenols is 6. The SMILES string of the molecule is Nc1c(O)c(O)cc(/C=C/C(=O)O[C@H]2[C@@H](O[C@H]3O[C@@H](CO)[C@H](O)[C@H](O)[C@H]3O)[C@@H](O)[C@H](O/C=C/c3cc(O)c(Cl)c(O)c3O)O[C@@H]2CO)c1O. The second-order valence-electron chi connectivity index (χ2n) is 10.8. The summed E-state index contributed by atoms with van der Waals surface area (Å²) in [5.74, 6) is -5.63. The van der Waals surface area contributed by atoms with Gasteiger partial charge in [0.05, 0.1) is 19.5 Å². The molecule has 0 unspecified atom stereocenters. The van der Waals surface area contributed by atoms with Crippen molar-refractivity contribution < 1.29 is 89.8 Å². The van der Waals surface area contributed by atoms with Crippen LogP contribution in [0.15, 0.2) is 24.5 Å². The topological polar surface area (TPSA) is 332 Å². The van der Waals surface area contributed by atoms with Gasteiger partial charge in [0, 0.05) is 17.2 Å². The van der Waals surface area contributed by atoms with Crippen molar-refractivity contribution in [3.63, 3.8) is 0 Å². The van der Waals surface area contributed by atoms with Crippen molar-refractivity contribution in [3.8, 4) is 34.5 Å². The summed E-state index contributed by atoms with van der Waals surface area (Å²) in [5, 5.41) is 121. The molecule has 0 saturated carbocycles. The molecule has 4 rings (SSSR count). The van der Waals surface area contributed by atoms with E-state index in [0.29, 0.717) is 0 Å². The molecule has 2 saturated heterocycles. The molecule has 0 bridgehead atoms. The van der Waals surface area contributed by atoms with Gasteiger partial charge in [0.15, 0.2) is 35.4 Å². The quantitative estimate of drug-likeness (QED) is 0.0316. The summed E-state index contributed by atoms with van der Waals surface area (Å²) in [7, 11) is 0. The van der Waals surface area contributed by atoms with E-state index >= 15 is 0 Å². The Labute approximate surface area is 280 Å². The first-order valence-corrected chi connectivity index (χ1v) is 14.6. The van der Waals surface area contributed by atoms with Gasteiger partial charge in [-0.1, -0.05) is 11.6 Å². The zero-order valence-electron chi connectivity index (χ0n) is 24.9. The van der Waals surface area contributed by atoms with E-state index in [1.165, 1.54) is 0 Å². The minimum absolute atomic E-state index is 0.203. The third kappa shape index (κ3) is 7.81. The molecule has 0 amide bonds. The Hall–Kier alpha value is -4.28. The number of aliphatic hydroxyl groups is 6. The number of benzene rings is 2. The molecule has 270 valence electrons. The summed E-state index contributed by atoms with van der Waals surface area (Å²) in [5.41, 5.74) is 4.49. The first kappa shape index (κ1) is 37.5. The number of nitrogen functional groups attached to an aromatic ring is 1. The van der Waals surface area contributed by atoms with Crippen molar-refractivity contribution in [2.75, 3.05) is 18.9 Å². The molecule has 2 aliphatic heterocycles. The van der Waals surface area contributed by atoms with Crippen molar-refractivity contribution >= 4 is 35.4 Å². The smallest absolute Gasteiger partial charge is 0.331 e. The maximum atomic E-state index is 12.9. The van der Waals surface area contributed by atoms with Gasteiger partial charge in [-0.25, -0.2) is 4.79 Å². The summed E-state index contributed by atoms with van der Waals surface area (Å²) in [4.78, 5) is 12.9. The highest BCUT2D eigenvalue weighted by Crippen LogP contribution is 2.43. The molecular weight excluding hydrogens is 686 g/mol. The van der Waals surface area contributed by atoms with E-state index in [1.54, 1.807) is 0 Å². The molecule has 0 aromatic heterocycles. The normalized spacial score (nSPS) is 30.5. The fraction of sp³-hybridized carbons (Fsp3) is 0.414. The number of rotatable bonds is 10. The van der Waals surface area contributed by atoms with Crippen LogP contribution in [0.25, 0.3) is 12.2 Å². The molecule has 19 nitrogen and oxygen atoms in total. The number of hydrogen-bond acceptors (Lipinski definition) is 19.